The average molecular weight is 464 g/mol. The summed E-state index contributed by atoms with van der Waals surface area (Å²) in [5.41, 5.74) is 6.81. The number of rotatable bonds is 5. The van der Waals surface area contributed by atoms with E-state index in [0.717, 1.165) is 35.0 Å². The zero-order valence-electron chi connectivity index (χ0n) is 19.9. The minimum Gasteiger partial charge on any atom is -0.356 e. The molecule has 3 heterocycles. The Labute approximate surface area is 205 Å². The quantitative estimate of drug-likeness (QED) is 0.456. The predicted octanol–water partition coefficient (Wildman–Crippen LogP) is 4.95. The lowest BCUT2D eigenvalue weighted by atomic mass is 9.86. The van der Waals surface area contributed by atoms with E-state index in [1.807, 2.05) is 54.3 Å². The van der Waals surface area contributed by atoms with E-state index < -0.39 is 6.04 Å². The molecule has 0 spiro atoms. The fourth-order valence-electron chi connectivity index (χ4n) is 5.74. The average Bonchev–Trinajstić information content (AvgIpc) is 3.25. The first-order valence-corrected chi connectivity index (χ1v) is 12.4. The van der Waals surface area contributed by atoms with Crippen LogP contribution < -0.4 is 0 Å². The molecular weight excluding hydrogens is 434 g/mol. The minimum atomic E-state index is -0.464. The van der Waals surface area contributed by atoms with E-state index in [0.29, 0.717) is 13.0 Å². The molecule has 35 heavy (non-hydrogen) atoms. The van der Waals surface area contributed by atoms with Gasteiger partial charge < -0.3 is 14.8 Å². The molecular formula is C30H29N3O2. The lowest BCUT2D eigenvalue weighted by Crippen LogP contribution is -2.62. The molecule has 1 N–H and O–H groups in total. The van der Waals surface area contributed by atoms with Crippen molar-refractivity contribution in [3.8, 4) is 0 Å². The number of hydrogen-bond acceptors (Lipinski definition) is 2. The number of nitrogens with one attached hydrogen (secondary N) is 1. The van der Waals surface area contributed by atoms with Crippen molar-refractivity contribution in [3.05, 3.63) is 107 Å². The lowest BCUT2D eigenvalue weighted by molar-refractivity contribution is -0.160. The highest BCUT2D eigenvalue weighted by Crippen LogP contribution is 2.41. The molecule has 1 saturated heterocycles. The van der Waals surface area contributed by atoms with Gasteiger partial charge in [0.2, 0.25) is 11.8 Å². The van der Waals surface area contributed by atoms with Crippen LogP contribution in [0.15, 0.2) is 78.9 Å². The summed E-state index contributed by atoms with van der Waals surface area (Å²) in [7, 11) is 0. The molecule has 0 radical (unpaired) electrons. The Balaban J connectivity index is 1.35. The summed E-state index contributed by atoms with van der Waals surface area (Å²) in [5, 5.41) is 1.16. The van der Waals surface area contributed by atoms with Crippen LogP contribution in [0.5, 0.6) is 0 Å². The first kappa shape index (κ1) is 21.7. The molecule has 1 fully saturated rings. The number of nitrogens with zero attached hydrogens (tertiary/aromatic N) is 2. The van der Waals surface area contributed by atoms with Crippen LogP contribution in [0.1, 0.15) is 40.4 Å². The molecule has 4 aromatic rings. The first-order valence-electron chi connectivity index (χ1n) is 12.4. The molecule has 0 saturated carbocycles. The van der Waals surface area contributed by atoms with Crippen LogP contribution in [-0.2, 0) is 29.0 Å². The highest BCUT2D eigenvalue weighted by Gasteiger charge is 2.47. The SMILES string of the molecule is Cc1ccc(CN2CC(=O)N3[C@H](CCc4ccccc4)c4[nH]c5ccccc5c4C[C@H]3C2=O)cc1. The van der Waals surface area contributed by atoms with Crippen molar-refractivity contribution in [2.75, 3.05) is 6.54 Å². The van der Waals surface area contributed by atoms with Crippen LogP contribution in [0.4, 0.5) is 0 Å². The maximum absolute atomic E-state index is 13.8. The third kappa shape index (κ3) is 3.91. The predicted molar refractivity (Wildman–Crippen MR) is 137 cm³/mol. The number of benzene rings is 3. The van der Waals surface area contributed by atoms with E-state index >= 15 is 0 Å². The molecule has 6 rings (SSSR count). The Bertz CT molecular complexity index is 1390. The van der Waals surface area contributed by atoms with Gasteiger partial charge in [0.1, 0.15) is 12.6 Å². The fourth-order valence-corrected chi connectivity index (χ4v) is 5.74. The van der Waals surface area contributed by atoms with Crippen molar-refractivity contribution in [2.24, 2.45) is 0 Å². The van der Waals surface area contributed by atoms with Crippen molar-refractivity contribution in [2.45, 2.75) is 44.8 Å². The van der Waals surface area contributed by atoms with E-state index in [9.17, 15) is 9.59 Å². The molecule has 0 bridgehead atoms. The van der Waals surface area contributed by atoms with Gasteiger partial charge >= 0.3 is 0 Å². The fraction of sp³-hybridized carbons (Fsp3) is 0.267. The summed E-state index contributed by atoms with van der Waals surface area (Å²) in [6.07, 6.45) is 2.17. The number of para-hydroxylation sites is 1. The first-order chi connectivity index (χ1) is 17.1. The number of aromatic nitrogens is 1. The lowest BCUT2D eigenvalue weighted by Gasteiger charge is -2.47. The zero-order chi connectivity index (χ0) is 23.9. The minimum absolute atomic E-state index is 0.0316. The van der Waals surface area contributed by atoms with Gasteiger partial charge in [-0.15, -0.1) is 0 Å². The molecule has 176 valence electrons. The van der Waals surface area contributed by atoms with Crippen molar-refractivity contribution < 1.29 is 9.59 Å². The summed E-state index contributed by atoms with van der Waals surface area (Å²) in [5.74, 6) is 0.0786. The normalized spacial score (nSPS) is 19.7. The largest absolute Gasteiger partial charge is 0.356 e. The van der Waals surface area contributed by atoms with Gasteiger partial charge in [-0.3, -0.25) is 9.59 Å². The van der Waals surface area contributed by atoms with Crippen LogP contribution in [0.2, 0.25) is 0 Å². The summed E-state index contributed by atoms with van der Waals surface area (Å²) in [6, 6.07) is 26.2. The summed E-state index contributed by atoms with van der Waals surface area (Å²) in [4.78, 5) is 34.6. The Hall–Kier alpha value is -3.86. The van der Waals surface area contributed by atoms with Gasteiger partial charge in [-0.25, -0.2) is 0 Å². The molecule has 2 aliphatic rings. The van der Waals surface area contributed by atoms with Crippen LogP contribution in [0, 0.1) is 6.92 Å². The van der Waals surface area contributed by atoms with Crippen LogP contribution >= 0.6 is 0 Å². The maximum atomic E-state index is 13.8. The third-order valence-corrected chi connectivity index (χ3v) is 7.50. The molecule has 0 unspecified atom stereocenters. The highest BCUT2D eigenvalue weighted by molar-refractivity contribution is 5.97. The summed E-state index contributed by atoms with van der Waals surface area (Å²) >= 11 is 0. The Morgan fingerprint density at radius 2 is 1.63 bits per heavy atom. The van der Waals surface area contributed by atoms with E-state index in [2.05, 4.69) is 41.4 Å². The van der Waals surface area contributed by atoms with Gasteiger partial charge in [-0.1, -0.05) is 78.4 Å². The molecule has 1 aromatic heterocycles. The van der Waals surface area contributed by atoms with Crippen LogP contribution in [0.3, 0.4) is 0 Å². The third-order valence-electron chi connectivity index (χ3n) is 7.50. The van der Waals surface area contributed by atoms with E-state index in [1.54, 1.807) is 4.90 Å². The summed E-state index contributed by atoms with van der Waals surface area (Å²) in [6.45, 7) is 2.64. The monoisotopic (exact) mass is 463 g/mol. The van der Waals surface area contributed by atoms with E-state index in [-0.39, 0.29) is 24.4 Å². The van der Waals surface area contributed by atoms with Gasteiger partial charge in [-0.05, 0) is 42.5 Å². The highest BCUT2D eigenvalue weighted by atomic mass is 16.2. The Morgan fingerprint density at radius 3 is 2.43 bits per heavy atom. The molecule has 2 amide bonds. The van der Waals surface area contributed by atoms with Crippen LogP contribution in [-0.4, -0.2) is 39.2 Å². The maximum Gasteiger partial charge on any atom is 0.246 e. The Morgan fingerprint density at radius 1 is 0.886 bits per heavy atom. The van der Waals surface area contributed by atoms with Gasteiger partial charge in [-0.2, -0.15) is 0 Å². The van der Waals surface area contributed by atoms with Crippen molar-refractivity contribution >= 4 is 22.7 Å². The number of fused-ring (bicyclic) bond motifs is 4. The van der Waals surface area contributed by atoms with E-state index in [1.165, 1.54) is 16.7 Å². The molecule has 5 heteroatoms. The van der Waals surface area contributed by atoms with Crippen molar-refractivity contribution in [3.63, 3.8) is 0 Å². The second kappa shape index (κ2) is 8.73. The molecule has 2 aliphatic heterocycles. The van der Waals surface area contributed by atoms with Crippen molar-refractivity contribution in [1.29, 1.82) is 0 Å². The van der Waals surface area contributed by atoms with Gasteiger partial charge in [0, 0.05) is 29.6 Å². The number of hydrogen-bond donors (Lipinski definition) is 1. The van der Waals surface area contributed by atoms with Crippen LogP contribution in [0.25, 0.3) is 10.9 Å². The second-order valence-electron chi connectivity index (χ2n) is 9.80. The van der Waals surface area contributed by atoms with Gasteiger partial charge in [0.05, 0.1) is 6.04 Å². The molecule has 0 aliphatic carbocycles. The smallest absolute Gasteiger partial charge is 0.246 e. The van der Waals surface area contributed by atoms with Gasteiger partial charge in [0.15, 0.2) is 0 Å². The topological polar surface area (TPSA) is 56.4 Å². The number of H-pyrrole nitrogens is 1. The van der Waals surface area contributed by atoms with Gasteiger partial charge in [0.25, 0.3) is 0 Å². The standard InChI is InChI=1S/C30H29N3O2/c1-20-11-13-22(14-12-20)18-32-19-28(34)33-26(16-15-21-7-3-2-4-8-21)29-24(17-27(33)30(32)35)23-9-5-6-10-25(23)31-29/h2-14,26-27,31H,15-19H2,1H3/t26-,27+/m1/s1. The molecule has 2 atom stereocenters. The number of aromatic amines is 1. The number of carbonyl (C=O) groups excluding carboxylic acids is 2. The van der Waals surface area contributed by atoms with Crippen molar-refractivity contribution in [1.82, 2.24) is 14.8 Å². The molecule has 3 aromatic carbocycles. The molecule has 5 nitrogen and oxygen atoms in total. The number of amides is 2. The number of aryl methyl sites for hydroxylation is 2. The van der Waals surface area contributed by atoms with E-state index in [4.69, 9.17) is 0 Å². The summed E-state index contributed by atoms with van der Waals surface area (Å²) < 4.78 is 0. The second-order valence-corrected chi connectivity index (χ2v) is 9.80. The Kier molecular flexibility index (Phi) is 5.40. The zero-order valence-corrected chi connectivity index (χ0v) is 19.9. The number of piperazine rings is 1. The number of carbonyl (C=O) groups is 2.